The van der Waals surface area contributed by atoms with E-state index in [0.717, 1.165) is 66.8 Å². The molecule has 1 aliphatic carbocycles. The molecule has 2 amide bonds. The Bertz CT molecular complexity index is 1260. The van der Waals surface area contributed by atoms with Crippen molar-refractivity contribution in [3.63, 3.8) is 0 Å². The zero-order valence-electron chi connectivity index (χ0n) is 19.8. The average molecular weight is 473 g/mol. The van der Waals surface area contributed by atoms with Crippen LogP contribution < -0.4 is 9.64 Å². The van der Waals surface area contributed by atoms with Crippen LogP contribution >= 0.6 is 0 Å². The third-order valence-electron chi connectivity index (χ3n) is 7.38. The van der Waals surface area contributed by atoms with Crippen LogP contribution in [-0.2, 0) is 4.74 Å². The molecule has 2 fully saturated rings. The summed E-state index contributed by atoms with van der Waals surface area (Å²) in [6.07, 6.45) is 4.60. The minimum Gasteiger partial charge on any atom is -0.490 e. The lowest BCUT2D eigenvalue weighted by Gasteiger charge is -2.34. The second-order valence-electron chi connectivity index (χ2n) is 9.47. The van der Waals surface area contributed by atoms with Gasteiger partial charge in [0, 0.05) is 30.9 Å². The number of anilines is 1. The van der Waals surface area contributed by atoms with Crippen molar-refractivity contribution in [3.05, 3.63) is 59.5 Å². The van der Waals surface area contributed by atoms with Gasteiger partial charge in [0.25, 0.3) is 11.8 Å². The number of hydrogen-bond acceptors (Lipinski definition) is 7. The molecule has 8 nitrogen and oxygen atoms in total. The van der Waals surface area contributed by atoms with E-state index in [4.69, 9.17) is 9.47 Å². The second kappa shape index (κ2) is 8.92. The number of amides is 2. The molecule has 180 valence electrons. The fourth-order valence-corrected chi connectivity index (χ4v) is 5.53. The molecule has 0 atom stereocenters. The molecule has 1 saturated carbocycles. The first-order valence-electron chi connectivity index (χ1n) is 12.3. The predicted octanol–water partition coefficient (Wildman–Crippen LogP) is 3.76. The maximum absolute atomic E-state index is 12.9. The van der Waals surface area contributed by atoms with Crippen LogP contribution in [0.2, 0.25) is 0 Å². The topological polar surface area (TPSA) is 84.9 Å². The molecule has 0 bridgehead atoms. The van der Waals surface area contributed by atoms with Crippen molar-refractivity contribution in [2.45, 2.75) is 44.8 Å². The quantitative estimate of drug-likeness (QED) is 0.535. The number of rotatable bonds is 4. The Morgan fingerprint density at radius 3 is 2.31 bits per heavy atom. The molecule has 6 rings (SSSR count). The second-order valence-corrected chi connectivity index (χ2v) is 9.47. The molecule has 2 aromatic carbocycles. The standard InChI is InChI=1S/C27H28N4O4/c1-17-25-23(29-16-28-17)14-19(30-10-12-34-13-11-30)15-24(25)35-20-8-6-18(7-9-20)31-26(32)21-4-2-3-5-22(21)27(31)33/h2-5,14-16,18,20H,6-13H2,1H3/t18-,20+. The number of imide groups is 1. The number of aromatic nitrogens is 2. The van der Waals surface area contributed by atoms with E-state index in [1.165, 1.54) is 4.90 Å². The van der Waals surface area contributed by atoms with Crippen LogP contribution in [0, 0.1) is 6.92 Å². The Balaban J connectivity index is 1.21. The SMILES string of the molecule is Cc1ncnc2cc(N3CCOCC3)cc(O[C@H]3CC[C@@H](N4C(=O)c5ccccc5C4=O)CC3)c12. The number of carbonyl (C=O) groups excluding carboxylic acids is 2. The first-order chi connectivity index (χ1) is 17.1. The van der Waals surface area contributed by atoms with Crippen molar-refractivity contribution in [3.8, 4) is 5.75 Å². The molecular weight excluding hydrogens is 444 g/mol. The molecule has 3 heterocycles. The van der Waals surface area contributed by atoms with Crippen LogP contribution in [0.15, 0.2) is 42.7 Å². The average Bonchev–Trinajstić information content (AvgIpc) is 3.15. The van der Waals surface area contributed by atoms with E-state index in [2.05, 4.69) is 27.0 Å². The molecule has 2 aliphatic heterocycles. The summed E-state index contributed by atoms with van der Waals surface area (Å²) in [5, 5.41) is 0.937. The number of morpholine rings is 1. The number of ether oxygens (including phenoxy) is 2. The van der Waals surface area contributed by atoms with Gasteiger partial charge < -0.3 is 14.4 Å². The molecule has 0 spiro atoms. The van der Waals surface area contributed by atoms with Crippen molar-refractivity contribution in [2.75, 3.05) is 31.2 Å². The van der Waals surface area contributed by atoms with E-state index in [0.29, 0.717) is 24.3 Å². The normalized spacial score (nSPS) is 22.5. The predicted molar refractivity (Wildman–Crippen MR) is 131 cm³/mol. The number of aryl methyl sites for hydroxylation is 1. The van der Waals surface area contributed by atoms with Gasteiger partial charge in [-0.1, -0.05) is 12.1 Å². The van der Waals surface area contributed by atoms with Crippen LogP contribution in [0.25, 0.3) is 10.9 Å². The van der Waals surface area contributed by atoms with E-state index >= 15 is 0 Å². The lowest BCUT2D eigenvalue weighted by atomic mass is 9.91. The lowest BCUT2D eigenvalue weighted by Crippen LogP contribution is -2.43. The van der Waals surface area contributed by atoms with Crippen LogP contribution in [0.3, 0.4) is 0 Å². The molecule has 1 saturated heterocycles. The lowest BCUT2D eigenvalue weighted by molar-refractivity contribution is 0.0480. The third-order valence-corrected chi connectivity index (χ3v) is 7.38. The maximum Gasteiger partial charge on any atom is 0.261 e. The number of carbonyl (C=O) groups is 2. The molecule has 0 radical (unpaired) electrons. The van der Waals surface area contributed by atoms with Gasteiger partial charge >= 0.3 is 0 Å². The molecule has 3 aromatic rings. The fraction of sp³-hybridized carbons (Fsp3) is 0.407. The molecule has 8 heteroatoms. The molecule has 0 unspecified atom stereocenters. The Labute approximate surface area is 203 Å². The van der Waals surface area contributed by atoms with E-state index < -0.39 is 0 Å². The van der Waals surface area contributed by atoms with Gasteiger partial charge in [0.2, 0.25) is 0 Å². The van der Waals surface area contributed by atoms with Crippen molar-refractivity contribution in [1.29, 1.82) is 0 Å². The molecular formula is C27H28N4O4. The first-order valence-corrected chi connectivity index (χ1v) is 12.3. The zero-order valence-corrected chi connectivity index (χ0v) is 19.8. The largest absolute Gasteiger partial charge is 0.490 e. The zero-order chi connectivity index (χ0) is 23.9. The fourth-order valence-electron chi connectivity index (χ4n) is 5.53. The monoisotopic (exact) mass is 472 g/mol. The van der Waals surface area contributed by atoms with Crippen LogP contribution in [-0.4, -0.2) is 65.1 Å². The summed E-state index contributed by atoms with van der Waals surface area (Å²) in [7, 11) is 0. The molecule has 1 aromatic heterocycles. The van der Waals surface area contributed by atoms with Crippen LogP contribution in [0.5, 0.6) is 5.75 Å². The van der Waals surface area contributed by atoms with Crippen molar-refractivity contribution < 1.29 is 19.1 Å². The summed E-state index contributed by atoms with van der Waals surface area (Å²) in [5.74, 6) is 0.449. The van der Waals surface area contributed by atoms with E-state index in [1.54, 1.807) is 30.6 Å². The highest BCUT2D eigenvalue weighted by atomic mass is 16.5. The molecule has 35 heavy (non-hydrogen) atoms. The van der Waals surface area contributed by atoms with Gasteiger partial charge in [-0.2, -0.15) is 0 Å². The Morgan fingerprint density at radius 1 is 0.943 bits per heavy atom. The highest BCUT2D eigenvalue weighted by Gasteiger charge is 2.41. The van der Waals surface area contributed by atoms with Gasteiger partial charge in [0.15, 0.2) is 0 Å². The summed E-state index contributed by atoms with van der Waals surface area (Å²) < 4.78 is 12.1. The van der Waals surface area contributed by atoms with Gasteiger partial charge in [-0.25, -0.2) is 9.97 Å². The number of hydrogen-bond donors (Lipinski definition) is 0. The summed E-state index contributed by atoms with van der Waals surface area (Å²) in [6, 6.07) is 11.2. The van der Waals surface area contributed by atoms with Crippen molar-refractivity contribution in [2.24, 2.45) is 0 Å². The number of fused-ring (bicyclic) bond motifs is 2. The highest BCUT2D eigenvalue weighted by Crippen LogP contribution is 2.37. The van der Waals surface area contributed by atoms with Gasteiger partial charge in [-0.05, 0) is 50.8 Å². The third kappa shape index (κ3) is 3.91. The van der Waals surface area contributed by atoms with Crippen LogP contribution in [0.4, 0.5) is 5.69 Å². The molecule has 3 aliphatic rings. The van der Waals surface area contributed by atoms with Crippen molar-refractivity contribution in [1.82, 2.24) is 14.9 Å². The molecule has 0 N–H and O–H groups in total. The van der Waals surface area contributed by atoms with Crippen LogP contribution in [0.1, 0.15) is 52.1 Å². The van der Waals surface area contributed by atoms with Gasteiger partial charge in [0.05, 0.1) is 47.0 Å². The number of benzene rings is 2. The van der Waals surface area contributed by atoms with E-state index in [-0.39, 0.29) is 24.0 Å². The summed E-state index contributed by atoms with van der Waals surface area (Å²) in [6.45, 7) is 5.06. The van der Waals surface area contributed by atoms with Gasteiger partial charge in [-0.15, -0.1) is 0 Å². The number of nitrogens with zero attached hydrogens (tertiary/aromatic N) is 4. The van der Waals surface area contributed by atoms with Gasteiger partial charge in [0.1, 0.15) is 12.1 Å². The Morgan fingerprint density at radius 2 is 1.63 bits per heavy atom. The summed E-state index contributed by atoms with van der Waals surface area (Å²) in [5.41, 5.74) is 3.86. The maximum atomic E-state index is 12.9. The Hall–Kier alpha value is -3.52. The van der Waals surface area contributed by atoms with Crippen molar-refractivity contribution >= 4 is 28.4 Å². The first kappa shape index (κ1) is 22.0. The van der Waals surface area contributed by atoms with Gasteiger partial charge in [-0.3, -0.25) is 14.5 Å². The van der Waals surface area contributed by atoms with E-state index in [9.17, 15) is 9.59 Å². The minimum atomic E-state index is -0.174. The summed E-state index contributed by atoms with van der Waals surface area (Å²) in [4.78, 5) is 38.5. The Kier molecular flexibility index (Phi) is 5.60. The smallest absolute Gasteiger partial charge is 0.261 e. The highest BCUT2D eigenvalue weighted by molar-refractivity contribution is 6.21. The minimum absolute atomic E-state index is 0.00387. The summed E-state index contributed by atoms with van der Waals surface area (Å²) >= 11 is 0. The van der Waals surface area contributed by atoms with E-state index in [1.807, 2.05) is 6.92 Å².